The average Bonchev–Trinajstić information content (AvgIpc) is 2.80. The summed E-state index contributed by atoms with van der Waals surface area (Å²) in [5.41, 5.74) is 6.03. The zero-order chi connectivity index (χ0) is 12.5. The fourth-order valence-electron chi connectivity index (χ4n) is 1.26. The first-order chi connectivity index (χ1) is 8.24. The Morgan fingerprint density at radius 2 is 2.12 bits per heavy atom. The number of nitrogen functional groups attached to an aromatic ring is 1. The van der Waals surface area contributed by atoms with Crippen molar-refractivity contribution in [2.75, 3.05) is 5.73 Å². The van der Waals surface area contributed by atoms with E-state index < -0.39 is 0 Å². The van der Waals surface area contributed by atoms with E-state index in [0.717, 1.165) is 18.4 Å². The number of hydrogen-bond donors (Lipinski definition) is 3. The van der Waals surface area contributed by atoms with Gasteiger partial charge in [0.15, 0.2) is 0 Å². The summed E-state index contributed by atoms with van der Waals surface area (Å²) in [5, 5.41) is 21.4. The third-order valence-corrected chi connectivity index (χ3v) is 2.15. The molecule has 2 aromatic rings. The summed E-state index contributed by atoms with van der Waals surface area (Å²) in [6, 6.07) is 7.53. The lowest BCUT2D eigenvalue weighted by Gasteiger charge is -2.01. The molecule has 1 aromatic heterocycles. The average molecular weight is 235 g/mol. The highest BCUT2D eigenvalue weighted by Crippen LogP contribution is 2.17. The molecule has 0 fully saturated rings. The van der Waals surface area contributed by atoms with Crippen LogP contribution in [-0.2, 0) is 6.42 Å². The largest absolute Gasteiger partial charge is 0.508 e. The Morgan fingerprint density at radius 1 is 1.35 bits per heavy atom. The molecule has 0 atom stereocenters. The van der Waals surface area contributed by atoms with E-state index in [1.165, 1.54) is 6.42 Å². The molecule has 0 aliphatic carbocycles. The summed E-state index contributed by atoms with van der Waals surface area (Å²) in [5.74, 6) is 0.607. The van der Waals surface area contributed by atoms with Gasteiger partial charge in [-0.25, -0.2) is 0 Å². The Bertz CT molecular complexity index is 416. The standard InChI is InChI=1S/C10H14O.CH3N5/c1-2-3-6-9-7-4-5-8-10(9)11;2-1-3-5-6-4-1/h4-5,7-8,11H,2-3,6H2,1H3;(H3,2,3,4,5,6). The molecule has 0 unspecified atom stereocenters. The first-order valence-electron chi connectivity index (χ1n) is 5.49. The molecule has 2 rings (SSSR count). The van der Waals surface area contributed by atoms with Crippen LogP contribution in [0.3, 0.4) is 0 Å². The molecule has 0 aliphatic rings. The second kappa shape index (κ2) is 7.21. The van der Waals surface area contributed by atoms with Gasteiger partial charge in [-0.3, -0.25) is 0 Å². The van der Waals surface area contributed by atoms with Crippen LogP contribution in [0.1, 0.15) is 25.3 Å². The number of H-pyrrole nitrogens is 1. The fourth-order valence-corrected chi connectivity index (χ4v) is 1.26. The summed E-state index contributed by atoms with van der Waals surface area (Å²) in [7, 11) is 0. The van der Waals surface area contributed by atoms with Gasteiger partial charge in [-0.15, -0.1) is 5.10 Å². The first-order valence-corrected chi connectivity index (χ1v) is 5.49. The number of aryl methyl sites for hydroxylation is 1. The summed E-state index contributed by atoms with van der Waals surface area (Å²) in [4.78, 5) is 0. The third-order valence-electron chi connectivity index (χ3n) is 2.15. The molecule has 0 amide bonds. The van der Waals surface area contributed by atoms with E-state index in [1.807, 2.05) is 18.2 Å². The number of anilines is 1. The zero-order valence-electron chi connectivity index (χ0n) is 9.80. The van der Waals surface area contributed by atoms with Crippen molar-refractivity contribution in [3.8, 4) is 5.75 Å². The van der Waals surface area contributed by atoms with Crippen molar-refractivity contribution in [2.24, 2.45) is 0 Å². The molecule has 6 heteroatoms. The number of tetrazole rings is 1. The minimum atomic E-state index is 0.176. The minimum absolute atomic E-state index is 0.176. The van der Waals surface area contributed by atoms with Crippen molar-refractivity contribution in [3.05, 3.63) is 29.8 Å². The molecular formula is C11H17N5O. The van der Waals surface area contributed by atoms with Crippen molar-refractivity contribution in [3.63, 3.8) is 0 Å². The van der Waals surface area contributed by atoms with Crippen LogP contribution in [0.2, 0.25) is 0 Å². The summed E-state index contributed by atoms with van der Waals surface area (Å²) in [6.07, 6.45) is 3.31. The van der Waals surface area contributed by atoms with Gasteiger partial charge in [0.1, 0.15) is 5.75 Å². The number of hydrogen-bond acceptors (Lipinski definition) is 5. The van der Waals surface area contributed by atoms with Crippen LogP contribution in [0.25, 0.3) is 0 Å². The van der Waals surface area contributed by atoms with Crippen molar-refractivity contribution in [1.29, 1.82) is 0 Å². The molecule has 0 spiro atoms. The lowest BCUT2D eigenvalue weighted by molar-refractivity contribution is 0.467. The number of aromatic amines is 1. The Kier molecular flexibility index (Phi) is 5.50. The van der Waals surface area contributed by atoms with Crippen LogP contribution < -0.4 is 5.73 Å². The zero-order valence-corrected chi connectivity index (χ0v) is 9.80. The number of unbranched alkanes of at least 4 members (excludes halogenated alkanes) is 1. The van der Waals surface area contributed by atoms with E-state index in [1.54, 1.807) is 6.07 Å². The molecule has 0 saturated heterocycles. The summed E-state index contributed by atoms with van der Waals surface area (Å²) < 4.78 is 0. The lowest BCUT2D eigenvalue weighted by Crippen LogP contribution is -1.84. The predicted molar refractivity (Wildman–Crippen MR) is 65.3 cm³/mol. The maximum atomic E-state index is 9.34. The van der Waals surface area contributed by atoms with Crippen molar-refractivity contribution in [1.82, 2.24) is 20.6 Å². The molecule has 1 heterocycles. The summed E-state index contributed by atoms with van der Waals surface area (Å²) >= 11 is 0. The van der Waals surface area contributed by atoms with Crippen molar-refractivity contribution < 1.29 is 5.11 Å². The number of para-hydroxylation sites is 1. The van der Waals surface area contributed by atoms with Gasteiger partial charge in [0.05, 0.1) is 0 Å². The summed E-state index contributed by atoms with van der Waals surface area (Å²) in [6.45, 7) is 2.15. The molecule has 0 saturated carbocycles. The van der Waals surface area contributed by atoms with Gasteiger partial charge >= 0.3 is 0 Å². The quantitative estimate of drug-likeness (QED) is 0.748. The van der Waals surface area contributed by atoms with Crippen LogP contribution in [-0.4, -0.2) is 25.7 Å². The van der Waals surface area contributed by atoms with E-state index >= 15 is 0 Å². The number of nitrogens with one attached hydrogen (secondary N) is 1. The van der Waals surface area contributed by atoms with Crippen LogP contribution >= 0.6 is 0 Å². The van der Waals surface area contributed by atoms with Crippen LogP contribution in [0, 0.1) is 0 Å². The van der Waals surface area contributed by atoms with Gasteiger partial charge in [0.2, 0.25) is 0 Å². The Labute approximate surface area is 99.9 Å². The topological polar surface area (TPSA) is 101 Å². The monoisotopic (exact) mass is 235 g/mol. The van der Waals surface area contributed by atoms with Gasteiger partial charge < -0.3 is 10.8 Å². The number of rotatable bonds is 3. The van der Waals surface area contributed by atoms with E-state index in [2.05, 4.69) is 27.5 Å². The van der Waals surface area contributed by atoms with E-state index in [-0.39, 0.29) is 5.95 Å². The first kappa shape index (κ1) is 13.0. The van der Waals surface area contributed by atoms with Crippen LogP contribution in [0.4, 0.5) is 5.95 Å². The van der Waals surface area contributed by atoms with Gasteiger partial charge in [0.25, 0.3) is 5.95 Å². The maximum Gasteiger partial charge on any atom is 0.260 e. The molecule has 6 nitrogen and oxygen atoms in total. The number of benzene rings is 1. The third kappa shape index (κ3) is 4.96. The number of aromatic hydroxyl groups is 1. The van der Waals surface area contributed by atoms with E-state index in [0.29, 0.717) is 5.75 Å². The van der Waals surface area contributed by atoms with Gasteiger partial charge in [0, 0.05) is 0 Å². The Morgan fingerprint density at radius 3 is 2.59 bits per heavy atom. The van der Waals surface area contributed by atoms with E-state index in [9.17, 15) is 5.11 Å². The normalized spacial score (nSPS) is 9.47. The smallest absolute Gasteiger partial charge is 0.260 e. The highest BCUT2D eigenvalue weighted by molar-refractivity contribution is 5.31. The highest BCUT2D eigenvalue weighted by atomic mass is 16.3. The molecule has 92 valence electrons. The van der Waals surface area contributed by atoms with Gasteiger partial charge in [-0.2, -0.15) is 5.21 Å². The number of aromatic nitrogens is 4. The Hall–Kier alpha value is -2.11. The molecule has 17 heavy (non-hydrogen) atoms. The highest BCUT2D eigenvalue weighted by Gasteiger charge is 1.96. The second-order valence-corrected chi connectivity index (χ2v) is 3.50. The predicted octanol–water partition coefficient (Wildman–Crippen LogP) is 1.52. The number of nitrogens with zero attached hydrogens (tertiary/aromatic N) is 3. The van der Waals surface area contributed by atoms with Crippen molar-refractivity contribution >= 4 is 5.95 Å². The minimum Gasteiger partial charge on any atom is -0.508 e. The maximum absolute atomic E-state index is 9.34. The molecule has 4 N–H and O–H groups in total. The van der Waals surface area contributed by atoms with Gasteiger partial charge in [-0.05, 0) is 29.7 Å². The van der Waals surface area contributed by atoms with E-state index in [4.69, 9.17) is 5.73 Å². The van der Waals surface area contributed by atoms with Crippen LogP contribution in [0.5, 0.6) is 5.75 Å². The fraction of sp³-hybridized carbons (Fsp3) is 0.364. The second-order valence-electron chi connectivity index (χ2n) is 3.50. The lowest BCUT2D eigenvalue weighted by atomic mass is 10.1. The number of phenols is 1. The molecule has 0 aliphatic heterocycles. The van der Waals surface area contributed by atoms with Gasteiger partial charge in [-0.1, -0.05) is 36.6 Å². The Balaban J connectivity index is 0.000000202. The van der Waals surface area contributed by atoms with Crippen molar-refractivity contribution in [2.45, 2.75) is 26.2 Å². The molecule has 0 radical (unpaired) electrons. The molecule has 0 bridgehead atoms. The SMILES string of the molecule is CCCCc1ccccc1O.Nc1nn[nH]n1. The molecule has 1 aromatic carbocycles. The number of phenolic OH excluding ortho intramolecular Hbond substituents is 1. The van der Waals surface area contributed by atoms with Crippen LogP contribution in [0.15, 0.2) is 24.3 Å². The molecular weight excluding hydrogens is 218 g/mol. The number of nitrogens with two attached hydrogens (primary N) is 1.